The van der Waals surface area contributed by atoms with E-state index in [9.17, 15) is 14.4 Å². The Hall–Kier alpha value is -2.19. The first-order chi connectivity index (χ1) is 8.01. The fourth-order valence-corrected chi connectivity index (χ4v) is 0.327. The molecule has 0 saturated carbocycles. The van der Waals surface area contributed by atoms with Crippen LogP contribution in [0.3, 0.4) is 0 Å². The highest BCUT2D eigenvalue weighted by atomic mass is 16.8. The molecule has 17 heavy (non-hydrogen) atoms. The van der Waals surface area contributed by atoms with Crippen LogP contribution in [-0.2, 0) is 28.4 Å². The SMILES string of the molecule is COC(=O)OC.COC(=O)OCOC(=O)OC. The maximum absolute atomic E-state index is 10.2. The van der Waals surface area contributed by atoms with E-state index >= 15 is 0 Å². The molecule has 0 aromatic rings. The van der Waals surface area contributed by atoms with Crippen molar-refractivity contribution in [3.05, 3.63) is 0 Å². The fourth-order valence-electron chi connectivity index (χ4n) is 0.327. The van der Waals surface area contributed by atoms with Crippen molar-refractivity contribution in [3.8, 4) is 0 Å². The van der Waals surface area contributed by atoms with Gasteiger partial charge < -0.3 is 28.4 Å². The molecule has 0 bridgehead atoms. The van der Waals surface area contributed by atoms with Crippen LogP contribution in [0.1, 0.15) is 0 Å². The summed E-state index contributed by atoms with van der Waals surface area (Å²) in [5, 5.41) is 0. The zero-order chi connectivity index (χ0) is 13.7. The van der Waals surface area contributed by atoms with Gasteiger partial charge in [-0.1, -0.05) is 0 Å². The van der Waals surface area contributed by atoms with Crippen molar-refractivity contribution < 1.29 is 42.8 Å². The van der Waals surface area contributed by atoms with Gasteiger partial charge in [0.05, 0.1) is 28.4 Å². The van der Waals surface area contributed by atoms with Crippen molar-refractivity contribution in [2.75, 3.05) is 35.2 Å². The van der Waals surface area contributed by atoms with Gasteiger partial charge in [0, 0.05) is 0 Å². The number of hydrogen-bond donors (Lipinski definition) is 0. The molecule has 0 unspecified atom stereocenters. The van der Waals surface area contributed by atoms with Crippen molar-refractivity contribution >= 4 is 18.5 Å². The molecule has 0 rings (SSSR count). The summed E-state index contributed by atoms with van der Waals surface area (Å²) >= 11 is 0. The summed E-state index contributed by atoms with van der Waals surface area (Å²) in [5.41, 5.74) is 0. The first kappa shape index (κ1) is 17.2. The normalized spacial score (nSPS) is 7.76. The van der Waals surface area contributed by atoms with E-state index < -0.39 is 25.3 Å². The monoisotopic (exact) mass is 254 g/mol. The molecule has 0 atom stereocenters. The molecule has 100 valence electrons. The van der Waals surface area contributed by atoms with Gasteiger partial charge in [0.2, 0.25) is 6.79 Å². The summed E-state index contributed by atoms with van der Waals surface area (Å²) in [5.74, 6) is 0. The molecule has 0 aromatic carbocycles. The van der Waals surface area contributed by atoms with E-state index in [-0.39, 0.29) is 0 Å². The lowest BCUT2D eigenvalue weighted by Gasteiger charge is -2.02. The fraction of sp³-hybridized carbons (Fsp3) is 0.625. The Kier molecular flexibility index (Phi) is 12.0. The van der Waals surface area contributed by atoms with Gasteiger partial charge in [-0.3, -0.25) is 0 Å². The summed E-state index contributed by atoms with van der Waals surface area (Å²) in [6.07, 6.45) is -2.50. The maximum atomic E-state index is 10.2. The van der Waals surface area contributed by atoms with Crippen LogP contribution in [0, 0.1) is 0 Å². The maximum Gasteiger partial charge on any atom is 0.510 e. The molecule has 9 nitrogen and oxygen atoms in total. The highest BCUT2D eigenvalue weighted by Crippen LogP contribution is 1.86. The third-order valence-electron chi connectivity index (χ3n) is 1.02. The van der Waals surface area contributed by atoms with Crippen LogP contribution in [0.25, 0.3) is 0 Å². The number of methoxy groups -OCH3 is 4. The molecule has 0 N–H and O–H groups in total. The highest BCUT2D eigenvalue weighted by Gasteiger charge is 2.03. The molecule has 0 aliphatic rings. The van der Waals surface area contributed by atoms with Crippen LogP contribution in [0.15, 0.2) is 0 Å². The average molecular weight is 254 g/mol. The minimum Gasteiger partial charge on any atom is -0.438 e. The molecule has 0 heterocycles. The van der Waals surface area contributed by atoms with E-state index in [0.717, 1.165) is 14.2 Å². The largest absolute Gasteiger partial charge is 0.510 e. The van der Waals surface area contributed by atoms with Gasteiger partial charge in [0.15, 0.2) is 0 Å². The third kappa shape index (κ3) is 13.8. The second-order valence-electron chi connectivity index (χ2n) is 1.97. The van der Waals surface area contributed by atoms with Crippen molar-refractivity contribution in [2.45, 2.75) is 0 Å². The minimum atomic E-state index is -0.922. The molecule has 0 amide bonds. The molecule has 0 aromatic heterocycles. The van der Waals surface area contributed by atoms with Crippen molar-refractivity contribution in [2.24, 2.45) is 0 Å². The standard InChI is InChI=1S/C5H8O6.C3H6O3/c1-8-4(6)10-3-11-5(7)9-2;1-5-3(4)6-2/h3H2,1-2H3;1-2H3. The summed E-state index contributed by atoms with van der Waals surface area (Å²) in [4.78, 5) is 30.1. The average Bonchev–Trinajstić information content (AvgIpc) is 2.37. The van der Waals surface area contributed by atoms with E-state index in [4.69, 9.17) is 0 Å². The Bertz CT molecular complexity index is 215. The van der Waals surface area contributed by atoms with Crippen molar-refractivity contribution in [1.82, 2.24) is 0 Å². The van der Waals surface area contributed by atoms with E-state index in [1.165, 1.54) is 14.2 Å². The zero-order valence-corrected chi connectivity index (χ0v) is 9.88. The Labute approximate surface area is 97.5 Å². The minimum absolute atomic E-state index is 0.515. The summed E-state index contributed by atoms with van der Waals surface area (Å²) in [7, 11) is 4.79. The number of hydrogen-bond acceptors (Lipinski definition) is 9. The number of carbonyl (C=O) groups is 3. The Balaban J connectivity index is 0. The summed E-state index contributed by atoms with van der Waals surface area (Å²) in [6, 6.07) is 0. The topological polar surface area (TPSA) is 107 Å². The number of carbonyl (C=O) groups excluding carboxylic acids is 3. The molecule has 0 aliphatic carbocycles. The van der Waals surface area contributed by atoms with Gasteiger partial charge in [-0.2, -0.15) is 0 Å². The first-order valence-corrected chi connectivity index (χ1v) is 4.05. The molecule has 0 spiro atoms. The van der Waals surface area contributed by atoms with Crippen molar-refractivity contribution in [1.29, 1.82) is 0 Å². The quantitative estimate of drug-likeness (QED) is 0.403. The van der Waals surface area contributed by atoms with Gasteiger partial charge in [-0.15, -0.1) is 0 Å². The molecular weight excluding hydrogens is 240 g/mol. The van der Waals surface area contributed by atoms with E-state index in [2.05, 4.69) is 28.4 Å². The van der Waals surface area contributed by atoms with Crippen molar-refractivity contribution in [3.63, 3.8) is 0 Å². The van der Waals surface area contributed by atoms with Gasteiger partial charge in [0.1, 0.15) is 0 Å². The van der Waals surface area contributed by atoms with E-state index in [1.54, 1.807) is 0 Å². The second-order valence-corrected chi connectivity index (χ2v) is 1.97. The predicted octanol–water partition coefficient (Wildman–Crippen LogP) is 0.909. The number of rotatable bonds is 2. The second kappa shape index (κ2) is 11.9. The third-order valence-corrected chi connectivity index (χ3v) is 1.02. The lowest BCUT2D eigenvalue weighted by molar-refractivity contribution is -0.0282. The van der Waals surface area contributed by atoms with Crippen LogP contribution in [-0.4, -0.2) is 53.7 Å². The first-order valence-electron chi connectivity index (χ1n) is 4.05. The highest BCUT2D eigenvalue weighted by molar-refractivity contribution is 5.61. The zero-order valence-electron chi connectivity index (χ0n) is 9.88. The lowest BCUT2D eigenvalue weighted by Crippen LogP contribution is -2.12. The van der Waals surface area contributed by atoms with Gasteiger partial charge in [-0.05, 0) is 0 Å². The lowest BCUT2D eigenvalue weighted by atomic mass is 11.2. The molecule has 0 saturated heterocycles. The van der Waals surface area contributed by atoms with Crippen LogP contribution in [0.4, 0.5) is 14.4 Å². The van der Waals surface area contributed by atoms with Crippen LogP contribution in [0.2, 0.25) is 0 Å². The van der Waals surface area contributed by atoms with Gasteiger partial charge in [0.25, 0.3) is 0 Å². The molecule has 0 radical (unpaired) electrons. The Morgan fingerprint density at radius 3 is 1.12 bits per heavy atom. The Morgan fingerprint density at radius 1 is 0.647 bits per heavy atom. The Morgan fingerprint density at radius 2 is 0.941 bits per heavy atom. The van der Waals surface area contributed by atoms with Gasteiger partial charge in [-0.25, -0.2) is 14.4 Å². The molecule has 0 fully saturated rings. The number of ether oxygens (including phenoxy) is 6. The van der Waals surface area contributed by atoms with Gasteiger partial charge >= 0.3 is 18.5 Å². The van der Waals surface area contributed by atoms with Crippen LogP contribution < -0.4 is 0 Å². The molecule has 9 heteroatoms. The van der Waals surface area contributed by atoms with E-state index in [0.29, 0.717) is 0 Å². The summed E-state index contributed by atoms with van der Waals surface area (Å²) < 4.78 is 24.6. The van der Waals surface area contributed by atoms with E-state index in [1.807, 2.05) is 0 Å². The smallest absolute Gasteiger partial charge is 0.438 e. The predicted molar refractivity (Wildman–Crippen MR) is 51.3 cm³/mol. The summed E-state index contributed by atoms with van der Waals surface area (Å²) in [6.45, 7) is -0.515. The molecule has 0 aliphatic heterocycles. The van der Waals surface area contributed by atoms with Crippen LogP contribution in [0.5, 0.6) is 0 Å². The molecular formula is C8H14O9. The van der Waals surface area contributed by atoms with Crippen LogP contribution >= 0.6 is 0 Å².